The van der Waals surface area contributed by atoms with Crippen LogP contribution in [0.25, 0.3) is 0 Å². The van der Waals surface area contributed by atoms with Gasteiger partial charge < -0.3 is 9.84 Å². The van der Waals surface area contributed by atoms with E-state index >= 15 is 0 Å². The van der Waals surface area contributed by atoms with E-state index in [1.807, 2.05) is 0 Å². The highest BCUT2D eigenvalue weighted by Crippen LogP contribution is 2.44. The van der Waals surface area contributed by atoms with Crippen molar-refractivity contribution in [2.75, 3.05) is 21.3 Å². The fourth-order valence-electron chi connectivity index (χ4n) is 1.72. The number of aliphatic hydroxyl groups is 1. The minimum atomic E-state index is -5.64. The van der Waals surface area contributed by atoms with Crippen LogP contribution < -0.4 is 4.74 Å². The van der Waals surface area contributed by atoms with Crippen LogP contribution in [-0.4, -0.2) is 49.2 Å². The number of methoxy groups -OCH3 is 1. The van der Waals surface area contributed by atoms with Gasteiger partial charge in [-0.25, -0.2) is 9.45 Å². The third kappa shape index (κ3) is 3.14. The van der Waals surface area contributed by atoms with Gasteiger partial charge in [0.05, 0.1) is 14.2 Å². The first-order valence-corrected chi connectivity index (χ1v) is 5.99. The summed E-state index contributed by atoms with van der Waals surface area (Å²) in [6, 6.07) is 4.53. The number of carbonyl (C=O) groups excluding carboxylic acids is 1. The fraction of sp³-hybridized carbons (Fsp3) is 0.462. The molecular weight excluding hydrogens is 310 g/mol. The molecule has 1 rings (SSSR count). The smallest absolute Gasteiger partial charge is 0.434 e. The zero-order chi connectivity index (χ0) is 17.1. The molecule has 1 aromatic carbocycles. The Morgan fingerprint density at radius 2 is 1.68 bits per heavy atom. The van der Waals surface area contributed by atoms with Gasteiger partial charge in [-0.1, -0.05) is 12.1 Å². The standard InChI is InChI=1S/C13H15F4NO4/c1-18(22-3)11(20)12(14,13(15,16)17)10(19)8-4-6-9(21-2)7-5-8/h4-7,10,19H,1-3H3/t10-,12+/m0/s1. The summed E-state index contributed by atoms with van der Waals surface area (Å²) in [5, 5.41) is 9.88. The maximum absolute atomic E-state index is 14.5. The third-order valence-corrected chi connectivity index (χ3v) is 3.09. The molecule has 5 nitrogen and oxygen atoms in total. The van der Waals surface area contributed by atoms with Crippen LogP contribution in [0.3, 0.4) is 0 Å². The van der Waals surface area contributed by atoms with Crippen LogP contribution in [0.5, 0.6) is 5.75 Å². The van der Waals surface area contributed by atoms with Gasteiger partial charge in [-0.3, -0.25) is 9.63 Å². The summed E-state index contributed by atoms with van der Waals surface area (Å²) in [6.07, 6.45) is -8.40. The SMILES string of the molecule is COc1ccc([C@H](O)[C@@](F)(C(=O)N(C)OC)C(F)(F)F)cc1. The van der Waals surface area contributed by atoms with Crippen LogP contribution >= 0.6 is 0 Å². The molecule has 1 amide bonds. The van der Waals surface area contributed by atoms with Crippen LogP contribution in [-0.2, 0) is 9.63 Å². The molecule has 9 heteroatoms. The Labute approximate surface area is 124 Å². The zero-order valence-corrected chi connectivity index (χ0v) is 12.0. The van der Waals surface area contributed by atoms with Gasteiger partial charge in [0.1, 0.15) is 11.9 Å². The molecule has 0 aliphatic heterocycles. The Bertz CT molecular complexity index is 520. The highest BCUT2D eigenvalue weighted by Gasteiger charge is 2.67. The zero-order valence-electron chi connectivity index (χ0n) is 12.0. The lowest BCUT2D eigenvalue weighted by molar-refractivity contribution is -0.269. The second kappa shape index (κ2) is 6.49. The van der Waals surface area contributed by atoms with E-state index in [2.05, 4.69) is 4.84 Å². The molecule has 124 valence electrons. The summed E-state index contributed by atoms with van der Waals surface area (Å²) >= 11 is 0. The molecular formula is C13H15F4NO4. The van der Waals surface area contributed by atoms with Crippen molar-refractivity contribution >= 4 is 5.91 Å². The number of carbonyl (C=O) groups is 1. The van der Waals surface area contributed by atoms with E-state index < -0.39 is 29.4 Å². The molecule has 1 N–H and O–H groups in total. The van der Waals surface area contributed by atoms with E-state index in [0.29, 0.717) is 5.75 Å². The van der Waals surface area contributed by atoms with Crippen molar-refractivity contribution in [3.05, 3.63) is 29.8 Å². The van der Waals surface area contributed by atoms with Crippen LogP contribution in [0.15, 0.2) is 24.3 Å². The Hall–Kier alpha value is -1.87. The summed E-state index contributed by atoms with van der Waals surface area (Å²) < 4.78 is 58.5. The molecule has 1 aromatic rings. The number of rotatable bonds is 5. The predicted molar refractivity (Wildman–Crippen MR) is 67.6 cm³/mol. The largest absolute Gasteiger partial charge is 0.497 e. The van der Waals surface area contributed by atoms with Crippen LogP contribution in [0.4, 0.5) is 17.6 Å². The molecule has 0 radical (unpaired) electrons. The quantitative estimate of drug-likeness (QED) is 0.665. The highest BCUT2D eigenvalue weighted by molar-refractivity contribution is 5.86. The summed E-state index contributed by atoms with van der Waals surface area (Å²) in [5.74, 6) is -1.77. The second-order valence-electron chi connectivity index (χ2n) is 4.37. The minimum absolute atomic E-state index is 0.0697. The van der Waals surface area contributed by atoms with Gasteiger partial charge in [0.2, 0.25) is 0 Å². The number of ether oxygens (including phenoxy) is 1. The van der Waals surface area contributed by atoms with E-state index in [1.165, 1.54) is 19.2 Å². The van der Waals surface area contributed by atoms with Gasteiger partial charge in [0.25, 0.3) is 5.91 Å². The highest BCUT2D eigenvalue weighted by atomic mass is 19.4. The molecule has 0 unspecified atom stereocenters. The predicted octanol–water partition coefficient (Wildman–Crippen LogP) is 2.02. The van der Waals surface area contributed by atoms with E-state index in [-0.39, 0.29) is 5.06 Å². The van der Waals surface area contributed by atoms with Gasteiger partial charge in [-0.05, 0) is 17.7 Å². The number of amides is 1. The van der Waals surface area contributed by atoms with Gasteiger partial charge >= 0.3 is 11.8 Å². The van der Waals surface area contributed by atoms with Crippen molar-refractivity contribution < 1.29 is 37.0 Å². The average Bonchev–Trinajstić information content (AvgIpc) is 2.50. The molecule has 2 atom stereocenters. The van der Waals surface area contributed by atoms with Gasteiger partial charge in [0, 0.05) is 7.05 Å². The maximum atomic E-state index is 14.5. The molecule has 0 saturated carbocycles. The molecule has 0 fully saturated rings. The van der Waals surface area contributed by atoms with Crippen molar-refractivity contribution in [3.8, 4) is 5.75 Å². The molecule has 0 aromatic heterocycles. The van der Waals surface area contributed by atoms with Crippen LogP contribution in [0.1, 0.15) is 11.7 Å². The number of aliphatic hydroxyl groups excluding tert-OH is 1. The Balaban J connectivity index is 3.29. The van der Waals surface area contributed by atoms with Crippen molar-refractivity contribution in [3.63, 3.8) is 0 Å². The number of hydrogen-bond acceptors (Lipinski definition) is 4. The number of nitrogens with zero attached hydrogens (tertiary/aromatic N) is 1. The first kappa shape index (κ1) is 18.2. The lowest BCUT2D eigenvalue weighted by Gasteiger charge is -2.33. The van der Waals surface area contributed by atoms with E-state index in [0.717, 1.165) is 26.3 Å². The Morgan fingerprint density at radius 3 is 2.05 bits per heavy atom. The van der Waals surface area contributed by atoms with E-state index in [9.17, 15) is 27.5 Å². The van der Waals surface area contributed by atoms with Crippen LogP contribution in [0, 0.1) is 0 Å². The molecule has 0 aliphatic carbocycles. The lowest BCUT2D eigenvalue weighted by atomic mass is 9.91. The van der Waals surface area contributed by atoms with E-state index in [4.69, 9.17) is 4.74 Å². The minimum Gasteiger partial charge on any atom is -0.497 e. The molecule has 0 bridgehead atoms. The van der Waals surface area contributed by atoms with Gasteiger partial charge in [-0.2, -0.15) is 13.2 Å². The fourth-order valence-corrected chi connectivity index (χ4v) is 1.72. The monoisotopic (exact) mass is 325 g/mol. The van der Waals surface area contributed by atoms with Crippen molar-refractivity contribution in [1.29, 1.82) is 0 Å². The van der Waals surface area contributed by atoms with Gasteiger partial charge in [-0.15, -0.1) is 0 Å². The molecule has 0 saturated heterocycles. The summed E-state index contributed by atoms with van der Waals surface area (Å²) in [6.45, 7) is 0. The number of benzene rings is 1. The molecule has 0 spiro atoms. The summed E-state index contributed by atoms with van der Waals surface area (Å²) in [4.78, 5) is 16.0. The van der Waals surface area contributed by atoms with Gasteiger partial charge in [0.15, 0.2) is 0 Å². The number of hydrogen-bond donors (Lipinski definition) is 1. The normalized spacial score (nSPS) is 15.8. The van der Waals surface area contributed by atoms with Crippen molar-refractivity contribution in [1.82, 2.24) is 5.06 Å². The third-order valence-electron chi connectivity index (χ3n) is 3.09. The summed E-state index contributed by atoms with van der Waals surface area (Å²) in [7, 11) is 3.04. The Morgan fingerprint density at radius 1 is 1.18 bits per heavy atom. The average molecular weight is 325 g/mol. The summed E-state index contributed by atoms with van der Waals surface area (Å²) in [5.41, 5.74) is -4.98. The topological polar surface area (TPSA) is 59.0 Å². The van der Waals surface area contributed by atoms with Crippen molar-refractivity contribution in [2.45, 2.75) is 17.9 Å². The molecule has 0 aliphatic rings. The van der Waals surface area contributed by atoms with Crippen LogP contribution in [0.2, 0.25) is 0 Å². The Kier molecular flexibility index (Phi) is 5.36. The number of alkyl halides is 4. The number of halogens is 4. The maximum Gasteiger partial charge on any atom is 0.434 e. The lowest BCUT2D eigenvalue weighted by Crippen LogP contribution is -2.57. The first-order valence-electron chi connectivity index (χ1n) is 5.99. The van der Waals surface area contributed by atoms with Crippen molar-refractivity contribution in [2.24, 2.45) is 0 Å². The molecule has 0 heterocycles. The molecule has 22 heavy (non-hydrogen) atoms. The number of hydroxylamine groups is 2. The first-order chi connectivity index (χ1) is 10.1. The second-order valence-corrected chi connectivity index (χ2v) is 4.37. The van der Waals surface area contributed by atoms with E-state index in [1.54, 1.807) is 0 Å².